The third-order valence-electron chi connectivity index (χ3n) is 2.35. The van der Waals surface area contributed by atoms with Crippen LogP contribution >= 0.6 is 0 Å². The van der Waals surface area contributed by atoms with Crippen LogP contribution in [-0.2, 0) is 4.74 Å². The number of carbonyl (C=O) groups is 1. The van der Waals surface area contributed by atoms with Crippen molar-refractivity contribution in [2.24, 2.45) is 0 Å². The number of carbonyl (C=O) groups excluding carboxylic acids is 1. The van der Waals surface area contributed by atoms with E-state index in [0.717, 1.165) is 0 Å². The number of amides is 1. The molecule has 1 fully saturated rings. The van der Waals surface area contributed by atoms with Crippen molar-refractivity contribution in [3.8, 4) is 0 Å². The smallest absolute Gasteiger partial charge is 0.291 e. The summed E-state index contributed by atoms with van der Waals surface area (Å²) in [7, 11) is 0. The molecule has 5 nitrogen and oxygen atoms in total. The molecule has 5 heteroatoms. The Balaban J connectivity index is 2.07. The monoisotopic (exact) mass is 210 g/mol. The van der Waals surface area contributed by atoms with Gasteiger partial charge in [0.25, 0.3) is 5.91 Å². The normalized spacial score (nSPS) is 26.7. The molecular formula is C10H14N2O3. The lowest BCUT2D eigenvalue weighted by atomic mass is 10.2. The summed E-state index contributed by atoms with van der Waals surface area (Å²) < 4.78 is 10.5. The quantitative estimate of drug-likeness (QED) is 0.691. The third kappa shape index (κ3) is 2.18. The highest BCUT2D eigenvalue weighted by Crippen LogP contribution is 2.13. The first kappa shape index (κ1) is 10.2. The van der Waals surface area contributed by atoms with E-state index in [1.165, 1.54) is 12.6 Å². The fourth-order valence-corrected chi connectivity index (χ4v) is 1.82. The highest BCUT2D eigenvalue weighted by molar-refractivity contribution is 5.91. The number of oxazole rings is 1. The van der Waals surface area contributed by atoms with Gasteiger partial charge in [0.05, 0.1) is 18.4 Å². The summed E-state index contributed by atoms with van der Waals surface area (Å²) in [5.41, 5.74) is 0. The SMILES string of the molecule is CC1CN(C(=O)c2cnco2)CC(C)O1. The van der Waals surface area contributed by atoms with Gasteiger partial charge in [-0.25, -0.2) is 4.98 Å². The maximum Gasteiger partial charge on any atom is 0.291 e. The third-order valence-corrected chi connectivity index (χ3v) is 2.35. The fraction of sp³-hybridized carbons (Fsp3) is 0.600. The number of ether oxygens (including phenoxy) is 1. The largest absolute Gasteiger partial charge is 0.438 e. The van der Waals surface area contributed by atoms with Crippen LogP contribution < -0.4 is 0 Å². The molecule has 0 spiro atoms. The Hall–Kier alpha value is -1.36. The molecule has 15 heavy (non-hydrogen) atoms. The van der Waals surface area contributed by atoms with E-state index < -0.39 is 0 Å². The van der Waals surface area contributed by atoms with Gasteiger partial charge in [0.2, 0.25) is 5.76 Å². The second kappa shape index (κ2) is 4.02. The summed E-state index contributed by atoms with van der Waals surface area (Å²) in [4.78, 5) is 17.4. The van der Waals surface area contributed by atoms with Crippen molar-refractivity contribution >= 4 is 5.91 Å². The summed E-state index contributed by atoms with van der Waals surface area (Å²) in [6, 6.07) is 0. The van der Waals surface area contributed by atoms with Crippen LogP contribution in [0.1, 0.15) is 24.4 Å². The first-order valence-electron chi connectivity index (χ1n) is 5.00. The van der Waals surface area contributed by atoms with E-state index in [0.29, 0.717) is 13.1 Å². The number of nitrogens with zero attached hydrogens (tertiary/aromatic N) is 2. The molecule has 1 aliphatic heterocycles. The molecule has 1 saturated heterocycles. The van der Waals surface area contributed by atoms with Crippen LogP contribution in [0.3, 0.4) is 0 Å². The van der Waals surface area contributed by atoms with E-state index in [1.807, 2.05) is 13.8 Å². The lowest BCUT2D eigenvalue weighted by Gasteiger charge is -2.34. The zero-order valence-corrected chi connectivity index (χ0v) is 8.84. The number of rotatable bonds is 1. The van der Waals surface area contributed by atoms with Crippen LogP contribution in [-0.4, -0.2) is 41.1 Å². The molecule has 2 heterocycles. The summed E-state index contributed by atoms with van der Waals surface area (Å²) in [5.74, 6) is 0.172. The topological polar surface area (TPSA) is 55.6 Å². The molecule has 1 aromatic heterocycles. The second-order valence-electron chi connectivity index (χ2n) is 3.83. The van der Waals surface area contributed by atoms with Gasteiger partial charge < -0.3 is 14.1 Å². The van der Waals surface area contributed by atoms with Crippen LogP contribution in [0.4, 0.5) is 0 Å². The number of morpholine rings is 1. The van der Waals surface area contributed by atoms with Gasteiger partial charge >= 0.3 is 0 Å². The lowest BCUT2D eigenvalue weighted by molar-refractivity contribution is -0.0592. The molecule has 2 atom stereocenters. The molecule has 2 unspecified atom stereocenters. The Bertz CT molecular complexity index is 326. The second-order valence-corrected chi connectivity index (χ2v) is 3.83. The molecule has 0 aliphatic carbocycles. The van der Waals surface area contributed by atoms with Gasteiger partial charge in [-0.15, -0.1) is 0 Å². The minimum atomic E-state index is -0.116. The summed E-state index contributed by atoms with van der Waals surface area (Å²) in [5, 5.41) is 0. The Morgan fingerprint density at radius 3 is 2.67 bits per heavy atom. The molecule has 0 bridgehead atoms. The molecule has 1 aromatic rings. The van der Waals surface area contributed by atoms with E-state index in [2.05, 4.69) is 4.98 Å². The predicted octanol–water partition coefficient (Wildman–Crippen LogP) is 0.924. The molecular weight excluding hydrogens is 196 g/mol. The van der Waals surface area contributed by atoms with Gasteiger partial charge in [-0.1, -0.05) is 0 Å². The van der Waals surface area contributed by atoms with Crippen molar-refractivity contribution in [1.82, 2.24) is 9.88 Å². The van der Waals surface area contributed by atoms with Gasteiger partial charge in [-0.05, 0) is 13.8 Å². The van der Waals surface area contributed by atoms with Crippen molar-refractivity contribution in [2.45, 2.75) is 26.1 Å². The van der Waals surface area contributed by atoms with Crippen molar-refractivity contribution in [3.63, 3.8) is 0 Å². The maximum absolute atomic E-state index is 11.9. The predicted molar refractivity (Wildman–Crippen MR) is 52.4 cm³/mol. The fourth-order valence-electron chi connectivity index (χ4n) is 1.82. The van der Waals surface area contributed by atoms with Crippen LogP contribution in [0.25, 0.3) is 0 Å². The first-order valence-corrected chi connectivity index (χ1v) is 5.00. The standard InChI is InChI=1S/C10H14N2O3/c1-7-4-12(5-8(2)15-7)10(13)9-3-11-6-14-9/h3,6-8H,4-5H2,1-2H3. The molecule has 82 valence electrons. The van der Waals surface area contributed by atoms with E-state index >= 15 is 0 Å². The van der Waals surface area contributed by atoms with Crippen LogP contribution in [0.5, 0.6) is 0 Å². The Kier molecular flexibility index (Phi) is 2.73. The average molecular weight is 210 g/mol. The molecule has 2 rings (SSSR count). The van der Waals surface area contributed by atoms with Crippen molar-refractivity contribution in [3.05, 3.63) is 18.4 Å². The van der Waals surface area contributed by atoms with Crippen LogP contribution in [0, 0.1) is 0 Å². The molecule has 0 saturated carbocycles. The van der Waals surface area contributed by atoms with Crippen LogP contribution in [0.15, 0.2) is 17.0 Å². The molecule has 1 aliphatic rings. The zero-order valence-electron chi connectivity index (χ0n) is 8.84. The van der Waals surface area contributed by atoms with Gasteiger partial charge in [0.1, 0.15) is 0 Å². The number of hydrogen-bond acceptors (Lipinski definition) is 4. The zero-order chi connectivity index (χ0) is 10.8. The lowest BCUT2D eigenvalue weighted by Crippen LogP contribution is -2.48. The maximum atomic E-state index is 11.9. The summed E-state index contributed by atoms with van der Waals surface area (Å²) in [6.45, 7) is 5.11. The minimum absolute atomic E-state index is 0.0700. The van der Waals surface area contributed by atoms with E-state index in [-0.39, 0.29) is 23.9 Å². The minimum Gasteiger partial charge on any atom is -0.438 e. The van der Waals surface area contributed by atoms with Gasteiger partial charge in [-0.2, -0.15) is 0 Å². The van der Waals surface area contributed by atoms with Gasteiger partial charge in [0.15, 0.2) is 6.39 Å². The summed E-state index contributed by atoms with van der Waals surface area (Å²) >= 11 is 0. The van der Waals surface area contributed by atoms with E-state index in [4.69, 9.17) is 9.15 Å². The van der Waals surface area contributed by atoms with E-state index in [1.54, 1.807) is 4.90 Å². The Morgan fingerprint density at radius 2 is 2.13 bits per heavy atom. The first-order chi connectivity index (χ1) is 7.16. The highest BCUT2D eigenvalue weighted by Gasteiger charge is 2.27. The van der Waals surface area contributed by atoms with Gasteiger partial charge in [-0.3, -0.25) is 4.79 Å². The van der Waals surface area contributed by atoms with Crippen LogP contribution in [0.2, 0.25) is 0 Å². The molecule has 0 aromatic carbocycles. The number of aromatic nitrogens is 1. The average Bonchev–Trinajstić information content (AvgIpc) is 2.67. The summed E-state index contributed by atoms with van der Waals surface area (Å²) in [6.07, 6.45) is 2.84. The van der Waals surface area contributed by atoms with Crippen molar-refractivity contribution < 1.29 is 13.9 Å². The van der Waals surface area contributed by atoms with Crippen molar-refractivity contribution in [1.29, 1.82) is 0 Å². The van der Waals surface area contributed by atoms with Gasteiger partial charge in [0, 0.05) is 13.1 Å². The Labute approximate surface area is 88.0 Å². The Morgan fingerprint density at radius 1 is 1.47 bits per heavy atom. The van der Waals surface area contributed by atoms with E-state index in [9.17, 15) is 4.79 Å². The molecule has 0 radical (unpaired) electrons. The highest BCUT2D eigenvalue weighted by atomic mass is 16.5. The number of hydrogen-bond donors (Lipinski definition) is 0. The van der Waals surface area contributed by atoms with Crippen molar-refractivity contribution in [2.75, 3.05) is 13.1 Å². The molecule has 1 amide bonds. The molecule has 0 N–H and O–H groups in total.